The fourth-order valence-corrected chi connectivity index (χ4v) is 5.79. The topological polar surface area (TPSA) is 120 Å². The Hall–Kier alpha value is -2.32. The highest BCUT2D eigenvalue weighted by molar-refractivity contribution is 5.95. The Morgan fingerprint density at radius 3 is 3.04 bits per heavy atom. The van der Waals surface area contributed by atoms with E-state index in [1.165, 1.54) is 0 Å². The summed E-state index contributed by atoms with van der Waals surface area (Å²) in [6.07, 6.45) is 1.92. The molecule has 4 aliphatic rings. The second-order valence-electron chi connectivity index (χ2n) is 7.87. The summed E-state index contributed by atoms with van der Waals surface area (Å²) in [4.78, 5) is 13.3. The van der Waals surface area contributed by atoms with E-state index in [-0.39, 0.29) is 11.8 Å². The molecular formula is C18H22N4O4. The van der Waals surface area contributed by atoms with Gasteiger partial charge in [0.05, 0.1) is 16.7 Å². The number of nitrogens with one attached hydrogen (secondary N) is 1. The molecule has 0 aromatic heterocycles. The number of nitrogens with two attached hydrogens (primary N) is 1. The molecule has 2 bridgehead atoms. The lowest BCUT2D eigenvalue weighted by atomic mass is 9.49. The van der Waals surface area contributed by atoms with Crippen molar-refractivity contribution < 1.29 is 19.7 Å². The predicted molar refractivity (Wildman–Crippen MR) is 93.3 cm³/mol. The highest BCUT2D eigenvalue weighted by Gasteiger charge is 2.72. The van der Waals surface area contributed by atoms with Crippen LogP contribution in [0.3, 0.4) is 0 Å². The van der Waals surface area contributed by atoms with Gasteiger partial charge in [-0.25, -0.2) is 10.2 Å². The van der Waals surface area contributed by atoms with Gasteiger partial charge in [0.2, 0.25) is 0 Å². The van der Waals surface area contributed by atoms with E-state index in [1.807, 2.05) is 13.1 Å². The van der Waals surface area contributed by atoms with Gasteiger partial charge in [-0.2, -0.15) is 5.10 Å². The maximum absolute atomic E-state index is 11.9. The number of benzene rings is 1. The summed E-state index contributed by atoms with van der Waals surface area (Å²) in [5.74, 6) is 0.525. The summed E-state index contributed by atoms with van der Waals surface area (Å²) in [5, 5.41) is 26.5. The Bertz CT molecular complexity index is 856. The van der Waals surface area contributed by atoms with Crippen LogP contribution >= 0.6 is 0 Å². The Balaban J connectivity index is 1.75. The van der Waals surface area contributed by atoms with E-state index in [4.69, 9.17) is 10.5 Å². The number of nitrogens with zero attached hydrogens (tertiary/aromatic N) is 2. The van der Waals surface area contributed by atoms with E-state index < -0.39 is 23.2 Å². The van der Waals surface area contributed by atoms with Crippen LogP contribution in [0.2, 0.25) is 0 Å². The van der Waals surface area contributed by atoms with Crippen LogP contribution in [0.5, 0.6) is 11.5 Å². The van der Waals surface area contributed by atoms with E-state index in [0.717, 1.165) is 24.1 Å². The molecule has 0 radical (unpaired) electrons. The van der Waals surface area contributed by atoms with Gasteiger partial charge in [0.1, 0.15) is 0 Å². The summed E-state index contributed by atoms with van der Waals surface area (Å²) < 4.78 is 6.20. The van der Waals surface area contributed by atoms with Crippen LogP contribution in [0.4, 0.5) is 4.79 Å². The van der Waals surface area contributed by atoms with Crippen LogP contribution in [-0.2, 0) is 11.8 Å². The molecule has 2 fully saturated rings. The third-order valence-corrected chi connectivity index (χ3v) is 6.86. The van der Waals surface area contributed by atoms with Gasteiger partial charge in [-0.1, -0.05) is 6.07 Å². The molecular weight excluding hydrogens is 336 g/mol. The number of hydrogen-bond donors (Lipinski definition) is 4. The van der Waals surface area contributed by atoms with E-state index in [1.54, 1.807) is 6.07 Å². The largest absolute Gasteiger partial charge is 0.504 e. The smallest absolute Gasteiger partial charge is 0.332 e. The summed E-state index contributed by atoms with van der Waals surface area (Å²) in [7, 11) is 2.05. The van der Waals surface area contributed by atoms with Crippen molar-refractivity contribution in [1.82, 2.24) is 10.3 Å². The lowest BCUT2D eigenvalue weighted by Crippen LogP contribution is -2.76. The number of urea groups is 1. The van der Waals surface area contributed by atoms with Crippen molar-refractivity contribution >= 4 is 11.7 Å². The van der Waals surface area contributed by atoms with Crippen LogP contribution in [0.25, 0.3) is 0 Å². The maximum atomic E-state index is 11.9. The number of ether oxygens (including phenoxy) is 1. The Kier molecular flexibility index (Phi) is 2.99. The van der Waals surface area contributed by atoms with Crippen molar-refractivity contribution in [3.05, 3.63) is 23.3 Å². The van der Waals surface area contributed by atoms with E-state index in [0.29, 0.717) is 30.7 Å². The van der Waals surface area contributed by atoms with Gasteiger partial charge in [-0.3, -0.25) is 0 Å². The Morgan fingerprint density at radius 2 is 2.27 bits per heavy atom. The molecule has 26 heavy (non-hydrogen) atoms. The molecule has 1 spiro atoms. The molecule has 2 aliphatic carbocycles. The number of carbonyl (C=O) groups is 1. The zero-order valence-corrected chi connectivity index (χ0v) is 14.5. The number of primary amides is 1. The lowest BCUT2D eigenvalue weighted by molar-refractivity contribution is -0.160. The first-order valence-corrected chi connectivity index (χ1v) is 8.95. The first-order valence-electron chi connectivity index (χ1n) is 8.95. The molecule has 5 rings (SSSR count). The van der Waals surface area contributed by atoms with Gasteiger partial charge in [0, 0.05) is 11.6 Å². The highest BCUT2D eigenvalue weighted by Crippen LogP contribution is 2.64. The number of aromatic hydroxyl groups is 1. The number of hydrazone groups is 1. The molecule has 8 nitrogen and oxygen atoms in total. The fourth-order valence-electron chi connectivity index (χ4n) is 5.79. The van der Waals surface area contributed by atoms with Crippen LogP contribution < -0.4 is 15.9 Å². The van der Waals surface area contributed by atoms with Gasteiger partial charge in [-0.05, 0) is 50.9 Å². The first-order chi connectivity index (χ1) is 12.4. The van der Waals surface area contributed by atoms with Crippen LogP contribution in [0, 0.1) is 0 Å². The molecule has 2 amide bonds. The number of aliphatic hydroxyl groups is 1. The van der Waals surface area contributed by atoms with E-state index in [9.17, 15) is 15.0 Å². The van der Waals surface area contributed by atoms with Crippen LogP contribution in [0.15, 0.2) is 17.2 Å². The van der Waals surface area contributed by atoms with Gasteiger partial charge in [-0.15, -0.1) is 0 Å². The molecule has 2 aliphatic heterocycles. The van der Waals surface area contributed by atoms with Crippen molar-refractivity contribution in [2.75, 3.05) is 13.6 Å². The summed E-state index contributed by atoms with van der Waals surface area (Å²) >= 11 is 0. The van der Waals surface area contributed by atoms with Crippen LogP contribution in [-0.4, -0.2) is 58.2 Å². The zero-order chi connectivity index (χ0) is 18.3. The van der Waals surface area contributed by atoms with Gasteiger partial charge < -0.3 is 25.6 Å². The molecule has 5 N–H and O–H groups in total. The molecule has 1 saturated heterocycles. The predicted octanol–water partition coefficient (Wildman–Crippen LogP) is 0.200. The first kappa shape index (κ1) is 15.9. The Morgan fingerprint density at radius 1 is 1.46 bits per heavy atom. The number of phenols is 1. The van der Waals surface area contributed by atoms with E-state index in [2.05, 4.69) is 15.4 Å². The summed E-state index contributed by atoms with van der Waals surface area (Å²) in [6, 6.07) is 2.83. The summed E-state index contributed by atoms with van der Waals surface area (Å²) in [6.45, 7) is 0.817. The molecule has 1 aromatic rings. The van der Waals surface area contributed by atoms with E-state index >= 15 is 0 Å². The van der Waals surface area contributed by atoms with Gasteiger partial charge in [0.15, 0.2) is 17.6 Å². The third-order valence-electron chi connectivity index (χ3n) is 6.86. The minimum absolute atomic E-state index is 0.0176. The molecule has 1 saturated carbocycles. The second kappa shape index (κ2) is 4.89. The van der Waals surface area contributed by atoms with Crippen molar-refractivity contribution in [2.24, 2.45) is 10.8 Å². The van der Waals surface area contributed by atoms with Crippen molar-refractivity contribution in [3.8, 4) is 11.5 Å². The number of rotatable bonds is 1. The highest BCUT2D eigenvalue weighted by atomic mass is 16.5. The van der Waals surface area contributed by atoms with Crippen LogP contribution in [0.1, 0.15) is 30.4 Å². The third kappa shape index (κ3) is 1.66. The quantitative estimate of drug-likeness (QED) is 0.535. The number of phenolic OH excluding ortho intramolecular Hbond substituents is 1. The fraction of sp³-hybridized carbons (Fsp3) is 0.556. The lowest BCUT2D eigenvalue weighted by Gasteiger charge is -2.62. The second-order valence-corrected chi connectivity index (χ2v) is 7.87. The number of piperidine rings is 1. The molecule has 0 unspecified atom stereocenters. The van der Waals surface area contributed by atoms with Crippen molar-refractivity contribution in [1.29, 1.82) is 0 Å². The Labute approximate surface area is 150 Å². The standard InChI is InChI=1S/C18H22N4O4/c1-22-7-6-17-13-9-2-3-11(23)14(13)26-15(17)10(20-21-16(19)24)4-5-18(17,25)12(22)8-9/h2-3,12,15,23,25H,4-8H2,1H3,(H3,19,21,24)/t12-,15+,17+,18-/m1/s1. The zero-order valence-electron chi connectivity index (χ0n) is 14.5. The molecule has 1 aromatic carbocycles. The normalized spacial score (nSPS) is 38.6. The molecule has 8 heteroatoms. The van der Waals surface area contributed by atoms with Crippen molar-refractivity contribution in [3.63, 3.8) is 0 Å². The molecule has 2 heterocycles. The number of likely N-dealkylation sites (tertiary alicyclic amines) is 1. The average molecular weight is 358 g/mol. The number of likely N-dealkylation sites (N-methyl/N-ethyl adjacent to an activating group) is 1. The van der Waals surface area contributed by atoms with Crippen molar-refractivity contribution in [2.45, 2.75) is 48.8 Å². The monoisotopic (exact) mass is 358 g/mol. The number of amides is 2. The minimum Gasteiger partial charge on any atom is -0.504 e. The van der Waals surface area contributed by atoms with Gasteiger partial charge in [0.25, 0.3) is 0 Å². The number of carbonyl (C=O) groups excluding carboxylic acids is 1. The molecule has 4 atom stereocenters. The van der Waals surface area contributed by atoms with Gasteiger partial charge >= 0.3 is 6.03 Å². The minimum atomic E-state index is -0.970. The average Bonchev–Trinajstić information content (AvgIpc) is 2.95. The molecule has 138 valence electrons. The SMILES string of the molecule is CN1CC[C@]23c4c5ccc(O)c4O[C@H]2C(=NNC(N)=O)CC[C@@]3(O)[C@H]1C5. The number of hydrogen-bond acceptors (Lipinski definition) is 6. The maximum Gasteiger partial charge on any atom is 0.332 e. The summed E-state index contributed by atoms with van der Waals surface area (Å²) in [5.41, 5.74) is 8.51.